The molecule has 0 aromatic carbocycles. The number of hydrogen-bond donors (Lipinski definition) is 1. The third-order valence-corrected chi connectivity index (χ3v) is 4.70. The van der Waals surface area contributed by atoms with E-state index in [2.05, 4.69) is 17.0 Å². The summed E-state index contributed by atoms with van der Waals surface area (Å²) in [6.45, 7) is 3.22. The van der Waals surface area contributed by atoms with Crippen LogP contribution >= 0.6 is 11.6 Å². The number of nitriles is 1. The molecule has 0 spiro atoms. The van der Waals surface area contributed by atoms with Crippen LogP contribution in [0.25, 0.3) is 11.1 Å². The summed E-state index contributed by atoms with van der Waals surface area (Å²) in [5.41, 5.74) is 8.22. The second kappa shape index (κ2) is 5.62. The molecule has 1 aliphatic carbocycles. The van der Waals surface area contributed by atoms with Gasteiger partial charge in [-0.15, -0.1) is 0 Å². The molecule has 2 N–H and O–H groups in total. The first-order chi connectivity index (χ1) is 10.5. The second-order valence-electron chi connectivity index (χ2n) is 6.32. The molecule has 5 nitrogen and oxygen atoms in total. The van der Waals surface area contributed by atoms with Crippen LogP contribution in [0.15, 0.2) is 18.5 Å². The van der Waals surface area contributed by atoms with Gasteiger partial charge in [0, 0.05) is 23.9 Å². The minimum absolute atomic E-state index is 0.152. The lowest BCUT2D eigenvalue weighted by Gasteiger charge is -2.22. The van der Waals surface area contributed by atoms with E-state index in [0.717, 1.165) is 12.1 Å². The van der Waals surface area contributed by atoms with Crippen molar-refractivity contribution in [2.45, 2.75) is 39.2 Å². The first-order valence-corrected chi connectivity index (χ1v) is 7.77. The molecular formula is C16H18ClN5. The summed E-state index contributed by atoms with van der Waals surface area (Å²) in [5, 5.41) is 13.6. The Morgan fingerprint density at radius 1 is 1.45 bits per heavy atom. The summed E-state index contributed by atoms with van der Waals surface area (Å²) in [7, 11) is 0. The van der Waals surface area contributed by atoms with Crippen LogP contribution in [0.5, 0.6) is 0 Å². The number of rotatable bonds is 3. The molecule has 1 saturated carbocycles. The van der Waals surface area contributed by atoms with Crippen LogP contribution in [0.3, 0.4) is 0 Å². The van der Waals surface area contributed by atoms with E-state index in [1.54, 1.807) is 12.3 Å². The molecule has 2 aromatic heterocycles. The highest BCUT2D eigenvalue weighted by Gasteiger charge is 2.29. The van der Waals surface area contributed by atoms with Crippen LogP contribution in [0.1, 0.15) is 38.3 Å². The van der Waals surface area contributed by atoms with Crippen molar-refractivity contribution in [2.24, 2.45) is 5.41 Å². The van der Waals surface area contributed by atoms with Crippen LogP contribution in [0.4, 0.5) is 5.69 Å². The average molecular weight is 316 g/mol. The minimum atomic E-state index is 0.152. The SMILES string of the molecule is CC1(Cn2cc(-c3cc(N)c(C#N)nc3Cl)cn2)CCCC1. The number of halogens is 1. The number of nitrogens with two attached hydrogens (primary N) is 1. The smallest absolute Gasteiger partial charge is 0.165 e. The largest absolute Gasteiger partial charge is 0.396 e. The lowest BCUT2D eigenvalue weighted by atomic mass is 9.89. The predicted octanol–water partition coefficient (Wildman–Crippen LogP) is 3.63. The van der Waals surface area contributed by atoms with Gasteiger partial charge in [-0.05, 0) is 24.3 Å². The third kappa shape index (κ3) is 2.79. The third-order valence-electron chi connectivity index (χ3n) is 4.41. The summed E-state index contributed by atoms with van der Waals surface area (Å²) in [6, 6.07) is 3.62. The molecule has 114 valence electrons. The molecule has 0 radical (unpaired) electrons. The van der Waals surface area contributed by atoms with Crippen molar-refractivity contribution in [3.8, 4) is 17.2 Å². The van der Waals surface area contributed by atoms with Gasteiger partial charge in [-0.3, -0.25) is 4.68 Å². The molecular weight excluding hydrogens is 298 g/mol. The Balaban J connectivity index is 1.88. The lowest BCUT2D eigenvalue weighted by Crippen LogP contribution is -2.19. The summed E-state index contributed by atoms with van der Waals surface area (Å²) in [5.74, 6) is 0. The van der Waals surface area contributed by atoms with Gasteiger partial charge < -0.3 is 5.73 Å². The maximum absolute atomic E-state index is 8.93. The Morgan fingerprint density at radius 2 is 2.18 bits per heavy atom. The van der Waals surface area contributed by atoms with E-state index in [1.165, 1.54) is 25.7 Å². The van der Waals surface area contributed by atoms with Crippen LogP contribution in [-0.2, 0) is 6.54 Å². The zero-order valence-corrected chi connectivity index (χ0v) is 13.3. The van der Waals surface area contributed by atoms with Crippen molar-refractivity contribution in [3.63, 3.8) is 0 Å². The Kier molecular flexibility index (Phi) is 3.79. The van der Waals surface area contributed by atoms with Crippen LogP contribution in [0.2, 0.25) is 5.15 Å². The fourth-order valence-corrected chi connectivity index (χ4v) is 3.41. The van der Waals surface area contributed by atoms with Crippen molar-refractivity contribution in [1.29, 1.82) is 5.26 Å². The normalized spacial score (nSPS) is 16.6. The van der Waals surface area contributed by atoms with Gasteiger partial charge in [0.05, 0.1) is 11.9 Å². The first-order valence-electron chi connectivity index (χ1n) is 7.40. The van der Waals surface area contributed by atoms with Crippen molar-refractivity contribution < 1.29 is 0 Å². The van der Waals surface area contributed by atoms with Gasteiger partial charge in [0.1, 0.15) is 11.2 Å². The molecule has 2 heterocycles. The molecule has 22 heavy (non-hydrogen) atoms. The number of nitrogen functional groups attached to an aromatic ring is 1. The Bertz CT molecular complexity index is 737. The van der Waals surface area contributed by atoms with E-state index in [1.807, 2.05) is 16.9 Å². The number of pyridine rings is 1. The highest BCUT2D eigenvalue weighted by atomic mass is 35.5. The topological polar surface area (TPSA) is 80.5 Å². The van der Waals surface area contributed by atoms with Gasteiger partial charge in [-0.1, -0.05) is 31.4 Å². The molecule has 0 atom stereocenters. The van der Waals surface area contributed by atoms with Gasteiger partial charge >= 0.3 is 0 Å². The minimum Gasteiger partial charge on any atom is -0.396 e. The summed E-state index contributed by atoms with van der Waals surface area (Å²) >= 11 is 6.17. The molecule has 0 bridgehead atoms. The number of hydrogen-bond acceptors (Lipinski definition) is 4. The molecule has 0 unspecified atom stereocenters. The molecule has 1 fully saturated rings. The fraction of sp³-hybridized carbons (Fsp3) is 0.438. The van der Waals surface area contributed by atoms with Gasteiger partial charge in [-0.25, -0.2) is 4.98 Å². The predicted molar refractivity (Wildman–Crippen MR) is 86.2 cm³/mol. The molecule has 0 aliphatic heterocycles. The average Bonchev–Trinajstić information content (AvgIpc) is 3.10. The maximum Gasteiger partial charge on any atom is 0.165 e. The Morgan fingerprint density at radius 3 is 2.86 bits per heavy atom. The standard InChI is InChI=1S/C16H18ClN5/c1-16(4-2-3-5-16)10-22-9-11(8-20-22)12-6-13(19)14(7-18)21-15(12)17/h6,8-9H,2-5,10,19H2,1H3. The van der Waals surface area contributed by atoms with Crippen LogP contribution < -0.4 is 5.73 Å². The van der Waals surface area contributed by atoms with E-state index < -0.39 is 0 Å². The van der Waals surface area contributed by atoms with E-state index in [9.17, 15) is 0 Å². The monoisotopic (exact) mass is 315 g/mol. The molecule has 1 aliphatic rings. The van der Waals surface area contributed by atoms with Gasteiger partial charge in [0.25, 0.3) is 0 Å². The maximum atomic E-state index is 8.93. The van der Waals surface area contributed by atoms with Gasteiger partial charge in [-0.2, -0.15) is 10.4 Å². The van der Waals surface area contributed by atoms with Gasteiger partial charge in [0.15, 0.2) is 5.69 Å². The number of anilines is 1. The van der Waals surface area contributed by atoms with E-state index >= 15 is 0 Å². The van der Waals surface area contributed by atoms with E-state index in [0.29, 0.717) is 16.7 Å². The number of aromatic nitrogens is 3. The highest BCUT2D eigenvalue weighted by Crippen LogP contribution is 2.39. The van der Waals surface area contributed by atoms with E-state index in [4.69, 9.17) is 22.6 Å². The van der Waals surface area contributed by atoms with Gasteiger partial charge in [0.2, 0.25) is 0 Å². The zero-order valence-electron chi connectivity index (χ0n) is 12.5. The summed E-state index contributed by atoms with van der Waals surface area (Å²) in [6.07, 6.45) is 8.83. The van der Waals surface area contributed by atoms with E-state index in [-0.39, 0.29) is 10.8 Å². The molecule has 6 heteroatoms. The fourth-order valence-electron chi connectivity index (χ4n) is 3.17. The quantitative estimate of drug-likeness (QED) is 0.877. The Labute approximate surface area is 134 Å². The molecule has 0 amide bonds. The lowest BCUT2D eigenvalue weighted by molar-refractivity contribution is 0.268. The van der Waals surface area contributed by atoms with Crippen molar-refractivity contribution in [3.05, 3.63) is 29.3 Å². The van der Waals surface area contributed by atoms with Crippen molar-refractivity contribution >= 4 is 17.3 Å². The first kappa shape index (κ1) is 14.9. The summed E-state index contributed by atoms with van der Waals surface area (Å²) in [4.78, 5) is 4.04. The molecule has 0 saturated heterocycles. The second-order valence-corrected chi connectivity index (χ2v) is 6.68. The Hall–Kier alpha value is -2.06. The summed E-state index contributed by atoms with van der Waals surface area (Å²) < 4.78 is 1.96. The van der Waals surface area contributed by atoms with Crippen molar-refractivity contribution in [1.82, 2.24) is 14.8 Å². The number of nitrogens with zero attached hydrogens (tertiary/aromatic N) is 4. The van der Waals surface area contributed by atoms with Crippen LogP contribution in [0, 0.1) is 16.7 Å². The van der Waals surface area contributed by atoms with Crippen LogP contribution in [-0.4, -0.2) is 14.8 Å². The van der Waals surface area contributed by atoms with Crippen molar-refractivity contribution in [2.75, 3.05) is 5.73 Å². The molecule has 2 aromatic rings. The zero-order chi connectivity index (χ0) is 15.7. The highest BCUT2D eigenvalue weighted by molar-refractivity contribution is 6.32. The molecule has 3 rings (SSSR count).